The first-order chi connectivity index (χ1) is 9.67. The van der Waals surface area contributed by atoms with E-state index >= 15 is 0 Å². The molecule has 21 heavy (non-hydrogen) atoms. The molecule has 0 aliphatic carbocycles. The number of carboxylic acid groups (broad SMARTS) is 1. The first-order valence-electron chi connectivity index (χ1n) is 7.49. The van der Waals surface area contributed by atoms with Crippen molar-refractivity contribution in [2.24, 2.45) is 11.8 Å². The molecule has 0 aromatic carbocycles. The molecule has 2 amide bonds. The number of aliphatic carboxylic acids is 1. The highest BCUT2D eigenvalue weighted by atomic mass is 16.4. The molecule has 0 radical (unpaired) electrons. The quantitative estimate of drug-likeness (QED) is 0.602. The molecular weight excluding hydrogens is 272 g/mol. The molecule has 122 valence electrons. The summed E-state index contributed by atoms with van der Waals surface area (Å²) in [5, 5.41) is 14.2. The number of carbonyl (C=O) groups is 3. The number of carboxylic acids is 1. The summed E-state index contributed by atoms with van der Waals surface area (Å²) in [6.07, 6.45) is 1.12. The molecule has 2 unspecified atom stereocenters. The van der Waals surface area contributed by atoms with E-state index in [0.29, 0.717) is 19.3 Å². The van der Waals surface area contributed by atoms with E-state index in [-0.39, 0.29) is 17.7 Å². The van der Waals surface area contributed by atoms with Gasteiger partial charge < -0.3 is 15.7 Å². The predicted molar refractivity (Wildman–Crippen MR) is 80.7 cm³/mol. The molecule has 0 aliphatic rings. The zero-order chi connectivity index (χ0) is 16.6. The summed E-state index contributed by atoms with van der Waals surface area (Å²) in [5.74, 6) is -1.27. The van der Waals surface area contributed by atoms with Gasteiger partial charge in [-0.25, -0.2) is 4.79 Å². The van der Waals surface area contributed by atoms with Crippen molar-refractivity contribution in [2.75, 3.05) is 0 Å². The summed E-state index contributed by atoms with van der Waals surface area (Å²) in [6.45, 7) is 9.43. The summed E-state index contributed by atoms with van der Waals surface area (Å²) in [7, 11) is 0. The van der Waals surface area contributed by atoms with Gasteiger partial charge in [-0.15, -0.1) is 0 Å². The molecule has 6 heteroatoms. The molecule has 0 spiro atoms. The number of amides is 2. The Morgan fingerprint density at radius 1 is 0.952 bits per heavy atom. The molecule has 0 aromatic rings. The molecule has 6 nitrogen and oxygen atoms in total. The lowest BCUT2D eigenvalue weighted by Crippen LogP contribution is -2.52. The fourth-order valence-corrected chi connectivity index (χ4v) is 1.94. The highest BCUT2D eigenvalue weighted by Crippen LogP contribution is 2.07. The summed E-state index contributed by atoms with van der Waals surface area (Å²) in [5.41, 5.74) is 0. The first kappa shape index (κ1) is 19.4. The van der Waals surface area contributed by atoms with E-state index in [4.69, 9.17) is 5.11 Å². The van der Waals surface area contributed by atoms with Crippen molar-refractivity contribution >= 4 is 17.8 Å². The SMILES string of the molecule is CCC(NC(=O)C(CC(C)C)NC(=O)CC(C)C)C(=O)O. The van der Waals surface area contributed by atoms with Crippen LogP contribution in [0, 0.1) is 11.8 Å². The van der Waals surface area contributed by atoms with E-state index in [9.17, 15) is 14.4 Å². The van der Waals surface area contributed by atoms with Crippen LogP contribution in [0.15, 0.2) is 0 Å². The zero-order valence-electron chi connectivity index (χ0n) is 13.6. The molecule has 3 N–H and O–H groups in total. The van der Waals surface area contributed by atoms with Crippen molar-refractivity contribution in [3.8, 4) is 0 Å². The summed E-state index contributed by atoms with van der Waals surface area (Å²) >= 11 is 0. The van der Waals surface area contributed by atoms with Crippen LogP contribution in [0.3, 0.4) is 0 Å². The lowest BCUT2D eigenvalue weighted by atomic mass is 10.0. The maximum atomic E-state index is 12.2. The van der Waals surface area contributed by atoms with Crippen molar-refractivity contribution in [1.82, 2.24) is 10.6 Å². The Balaban J connectivity index is 4.76. The minimum absolute atomic E-state index is 0.186. The Hall–Kier alpha value is -1.59. The molecular formula is C15H28N2O4. The maximum Gasteiger partial charge on any atom is 0.326 e. The lowest BCUT2D eigenvalue weighted by Gasteiger charge is -2.22. The summed E-state index contributed by atoms with van der Waals surface area (Å²) in [4.78, 5) is 35.0. The van der Waals surface area contributed by atoms with Gasteiger partial charge in [0.1, 0.15) is 12.1 Å². The third kappa shape index (κ3) is 8.32. The van der Waals surface area contributed by atoms with Gasteiger partial charge in [0.15, 0.2) is 0 Å². The molecule has 0 saturated carbocycles. The Bertz CT molecular complexity index is 367. The van der Waals surface area contributed by atoms with E-state index in [1.165, 1.54) is 0 Å². The van der Waals surface area contributed by atoms with Crippen LogP contribution in [0.25, 0.3) is 0 Å². The molecule has 0 fully saturated rings. The highest BCUT2D eigenvalue weighted by Gasteiger charge is 2.26. The van der Waals surface area contributed by atoms with Gasteiger partial charge >= 0.3 is 5.97 Å². The predicted octanol–water partition coefficient (Wildman–Crippen LogP) is 1.54. The standard InChI is InChI=1S/C15H28N2O4/c1-6-11(15(20)21)17-14(19)12(7-9(2)3)16-13(18)8-10(4)5/h9-12H,6-8H2,1-5H3,(H,16,18)(H,17,19)(H,20,21). The normalized spacial score (nSPS) is 13.9. The van der Waals surface area contributed by atoms with Crippen LogP contribution in [0.1, 0.15) is 53.9 Å². The third-order valence-corrected chi connectivity index (χ3v) is 2.98. The van der Waals surface area contributed by atoms with Crippen LogP contribution in [0.2, 0.25) is 0 Å². The number of hydrogen-bond acceptors (Lipinski definition) is 3. The molecule has 0 aromatic heterocycles. The third-order valence-electron chi connectivity index (χ3n) is 2.98. The fourth-order valence-electron chi connectivity index (χ4n) is 1.94. The van der Waals surface area contributed by atoms with E-state index in [1.54, 1.807) is 6.92 Å². The van der Waals surface area contributed by atoms with Gasteiger partial charge in [-0.3, -0.25) is 9.59 Å². The van der Waals surface area contributed by atoms with Gasteiger partial charge in [0.05, 0.1) is 0 Å². The van der Waals surface area contributed by atoms with Crippen molar-refractivity contribution < 1.29 is 19.5 Å². The van der Waals surface area contributed by atoms with Crippen LogP contribution in [0.4, 0.5) is 0 Å². The van der Waals surface area contributed by atoms with Crippen molar-refractivity contribution in [1.29, 1.82) is 0 Å². The van der Waals surface area contributed by atoms with E-state index in [1.807, 2.05) is 27.7 Å². The second kappa shape index (κ2) is 9.37. The summed E-state index contributed by atoms with van der Waals surface area (Å²) < 4.78 is 0. The average molecular weight is 300 g/mol. The van der Waals surface area contributed by atoms with E-state index < -0.39 is 24.0 Å². The Kier molecular flexibility index (Phi) is 8.66. The van der Waals surface area contributed by atoms with Crippen LogP contribution < -0.4 is 10.6 Å². The maximum absolute atomic E-state index is 12.2. The lowest BCUT2D eigenvalue weighted by molar-refractivity contribution is -0.142. The topological polar surface area (TPSA) is 95.5 Å². The molecule has 0 saturated heterocycles. The highest BCUT2D eigenvalue weighted by molar-refractivity contribution is 5.90. The number of rotatable bonds is 9. The molecule has 0 rings (SSSR count). The second-order valence-corrected chi connectivity index (χ2v) is 6.16. The molecule has 0 bridgehead atoms. The van der Waals surface area contributed by atoms with Crippen molar-refractivity contribution in [2.45, 2.75) is 66.0 Å². The van der Waals surface area contributed by atoms with Crippen LogP contribution in [-0.2, 0) is 14.4 Å². The monoisotopic (exact) mass is 300 g/mol. The number of carbonyl (C=O) groups excluding carboxylic acids is 2. The smallest absolute Gasteiger partial charge is 0.326 e. The summed E-state index contributed by atoms with van der Waals surface area (Å²) in [6, 6.07) is -1.61. The van der Waals surface area contributed by atoms with E-state index in [0.717, 1.165) is 0 Å². The second-order valence-electron chi connectivity index (χ2n) is 6.16. The van der Waals surface area contributed by atoms with Gasteiger partial charge in [0.25, 0.3) is 0 Å². The number of hydrogen-bond donors (Lipinski definition) is 3. The van der Waals surface area contributed by atoms with Crippen molar-refractivity contribution in [3.05, 3.63) is 0 Å². The van der Waals surface area contributed by atoms with E-state index in [2.05, 4.69) is 10.6 Å². The number of nitrogens with one attached hydrogen (secondary N) is 2. The van der Waals surface area contributed by atoms with Crippen LogP contribution in [-0.4, -0.2) is 35.0 Å². The minimum atomic E-state index is -1.07. The Morgan fingerprint density at radius 2 is 1.52 bits per heavy atom. The Labute approximate surface area is 126 Å². The van der Waals surface area contributed by atoms with Crippen molar-refractivity contribution in [3.63, 3.8) is 0 Å². The zero-order valence-corrected chi connectivity index (χ0v) is 13.6. The van der Waals surface area contributed by atoms with Gasteiger partial charge in [-0.05, 0) is 24.7 Å². The molecule has 2 atom stereocenters. The van der Waals surface area contributed by atoms with Gasteiger partial charge in [-0.1, -0.05) is 34.6 Å². The molecule has 0 aliphatic heterocycles. The average Bonchev–Trinajstić information content (AvgIpc) is 2.32. The first-order valence-corrected chi connectivity index (χ1v) is 7.49. The largest absolute Gasteiger partial charge is 0.480 e. The van der Waals surface area contributed by atoms with Gasteiger partial charge in [0, 0.05) is 6.42 Å². The van der Waals surface area contributed by atoms with Crippen LogP contribution >= 0.6 is 0 Å². The fraction of sp³-hybridized carbons (Fsp3) is 0.800. The molecule has 0 heterocycles. The Morgan fingerprint density at radius 3 is 1.90 bits per heavy atom. The minimum Gasteiger partial charge on any atom is -0.480 e. The van der Waals surface area contributed by atoms with Gasteiger partial charge in [0.2, 0.25) is 11.8 Å². The van der Waals surface area contributed by atoms with Gasteiger partial charge in [-0.2, -0.15) is 0 Å². The van der Waals surface area contributed by atoms with Crippen LogP contribution in [0.5, 0.6) is 0 Å².